The topological polar surface area (TPSA) is 62.7 Å². The molecular formula is C18H24BrN3O3. The van der Waals surface area contributed by atoms with Crippen molar-refractivity contribution in [1.82, 2.24) is 14.8 Å². The van der Waals surface area contributed by atoms with Crippen LogP contribution in [0.15, 0.2) is 22.9 Å². The van der Waals surface area contributed by atoms with E-state index >= 15 is 0 Å². The van der Waals surface area contributed by atoms with Crippen molar-refractivity contribution in [1.29, 1.82) is 0 Å². The van der Waals surface area contributed by atoms with Gasteiger partial charge in [-0.15, -0.1) is 0 Å². The van der Waals surface area contributed by atoms with Gasteiger partial charge in [0.05, 0.1) is 5.56 Å². The van der Waals surface area contributed by atoms with Gasteiger partial charge in [0.25, 0.3) is 5.91 Å². The summed E-state index contributed by atoms with van der Waals surface area (Å²) in [5, 5.41) is 0. The number of carbonyl (C=O) groups is 2. The maximum atomic E-state index is 12.7. The molecule has 2 atom stereocenters. The van der Waals surface area contributed by atoms with Gasteiger partial charge in [0.15, 0.2) is 0 Å². The van der Waals surface area contributed by atoms with Gasteiger partial charge in [-0.2, -0.15) is 0 Å². The average molecular weight is 410 g/mol. The van der Waals surface area contributed by atoms with Crippen LogP contribution in [0.5, 0.6) is 0 Å². The first kappa shape index (κ1) is 18.2. The molecule has 3 rings (SSSR count). The zero-order valence-electron chi connectivity index (χ0n) is 14.9. The van der Waals surface area contributed by atoms with Crippen LogP contribution in [0.2, 0.25) is 0 Å². The van der Waals surface area contributed by atoms with Gasteiger partial charge in [-0.1, -0.05) is 0 Å². The quantitative estimate of drug-likeness (QED) is 0.667. The fourth-order valence-electron chi connectivity index (χ4n) is 3.60. The number of ether oxygens (including phenoxy) is 1. The Bertz CT molecular complexity index is 657. The molecule has 0 N–H and O–H groups in total. The van der Waals surface area contributed by atoms with Crippen LogP contribution in [0.1, 0.15) is 44.0 Å². The lowest BCUT2D eigenvalue weighted by Gasteiger charge is -2.38. The fourth-order valence-corrected chi connectivity index (χ4v) is 3.84. The van der Waals surface area contributed by atoms with Gasteiger partial charge in [-0.3, -0.25) is 4.79 Å². The van der Waals surface area contributed by atoms with Crippen molar-refractivity contribution >= 4 is 27.9 Å². The highest BCUT2D eigenvalue weighted by atomic mass is 79.9. The summed E-state index contributed by atoms with van der Waals surface area (Å²) in [4.78, 5) is 32.9. The van der Waals surface area contributed by atoms with Crippen molar-refractivity contribution in [2.45, 2.75) is 45.3 Å². The van der Waals surface area contributed by atoms with Gasteiger partial charge in [-0.05, 0) is 67.6 Å². The number of hydrogen-bond donors (Lipinski definition) is 0. The highest BCUT2D eigenvalue weighted by Crippen LogP contribution is 2.33. The summed E-state index contributed by atoms with van der Waals surface area (Å²) in [6.07, 6.45) is 3.06. The largest absolute Gasteiger partial charge is 0.444 e. The predicted molar refractivity (Wildman–Crippen MR) is 97.3 cm³/mol. The lowest BCUT2D eigenvalue weighted by Crippen LogP contribution is -2.50. The third-order valence-corrected chi connectivity index (χ3v) is 5.19. The van der Waals surface area contributed by atoms with E-state index in [4.69, 9.17) is 4.74 Å². The van der Waals surface area contributed by atoms with Crippen LogP contribution in [-0.4, -0.2) is 58.1 Å². The van der Waals surface area contributed by atoms with E-state index in [1.165, 1.54) is 0 Å². The van der Waals surface area contributed by atoms with E-state index in [1.54, 1.807) is 18.3 Å². The molecule has 3 heterocycles. The van der Waals surface area contributed by atoms with Gasteiger partial charge in [-0.25, -0.2) is 9.78 Å². The minimum atomic E-state index is -0.486. The molecule has 2 saturated heterocycles. The molecule has 25 heavy (non-hydrogen) atoms. The lowest BCUT2D eigenvalue weighted by atomic mass is 9.92. The number of piperidine rings is 1. The first-order chi connectivity index (χ1) is 11.7. The molecule has 1 aromatic rings. The maximum absolute atomic E-state index is 12.7. The van der Waals surface area contributed by atoms with E-state index in [-0.39, 0.29) is 18.0 Å². The molecule has 0 aliphatic carbocycles. The van der Waals surface area contributed by atoms with Crippen LogP contribution in [0.4, 0.5) is 4.79 Å². The van der Waals surface area contributed by atoms with Crippen LogP contribution in [-0.2, 0) is 4.74 Å². The van der Waals surface area contributed by atoms with Gasteiger partial charge in [0, 0.05) is 31.9 Å². The number of pyridine rings is 1. The molecule has 2 fully saturated rings. The predicted octanol–water partition coefficient (Wildman–Crippen LogP) is 3.32. The van der Waals surface area contributed by atoms with Gasteiger partial charge < -0.3 is 14.5 Å². The first-order valence-corrected chi connectivity index (χ1v) is 9.44. The van der Waals surface area contributed by atoms with E-state index < -0.39 is 5.60 Å². The molecule has 0 bridgehead atoms. The van der Waals surface area contributed by atoms with Crippen LogP contribution in [0, 0.1) is 5.92 Å². The third kappa shape index (κ3) is 4.14. The summed E-state index contributed by atoms with van der Waals surface area (Å²) < 4.78 is 6.23. The fraction of sp³-hybridized carbons (Fsp3) is 0.611. The Labute approximate surface area is 156 Å². The van der Waals surface area contributed by atoms with E-state index in [0.717, 1.165) is 12.8 Å². The zero-order valence-corrected chi connectivity index (χ0v) is 16.5. The van der Waals surface area contributed by atoms with Gasteiger partial charge in [0.2, 0.25) is 0 Å². The molecule has 7 heteroatoms. The van der Waals surface area contributed by atoms with E-state index in [1.807, 2.05) is 30.6 Å². The SMILES string of the molecule is CC(C)(C)OC(=O)N1CC[C@@H]2CN(C(=O)c3ccc(Br)nc3)CC[C@@H]21. The highest BCUT2D eigenvalue weighted by molar-refractivity contribution is 9.10. The number of amides is 2. The minimum absolute atomic E-state index is 0.00849. The second-order valence-corrected chi connectivity index (χ2v) is 8.51. The van der Waals surface area contributed by atoms with Crippen molar-refractivity contribution < 1.29 is 14.3 Å². The van der Waals surface area contributed by atoms with E-state index in [2.05, 4.69) is 20.9 Å². The number of aromatic nitrogens is 1. The molecule has 2 aliphatic heterocycles. The summed E-state index contributed by atoms with van der Waals surface area (Å²) in [7, 11) is 0. The smallest absolute Gasteiger partial charge is 0.410 e. The molecule has 6 nitrogen and oxygen atoms in total. The number of nitrogens with zero attached hydrogens (tertiary/aromatic N) is 3. The highest BCUT2D eigenvalue weighted by Gasteiger charge is 2.42. The van der Waals surface area contributed by atoms with Crippen LogP contribution >= 0.6 is 15.9 Å². The molecular weight excluding hydrogens is 386 g/mol. The summed E-state index contributed by atoms with van der Waals surface area (Å²) in [5.41, 5.74) is 0.115. The van der Waals surface area contributed by atoms with Crippen LogP contribution in [0.25, 0.3) is 0 Å². The first-order valence-electron chi connectivity index (χ1n) is 8.65. The minimum Gasteiger partial charge on any atom is -0.444 e. The number of carbonyl (C=O) groups excluding carboxylic acids is 2. The van der Waals surface area contributed by atoms with Crippen molar-refractivity contribution in [3.05, 3.63) is 28.5 Å². The van der Waals surface area contributed by atoms with Crippen LogP contribution < -0.4 is 0 Å². The monoisotopic (exact) mass is 409 g/mol. The lowest BCUT2D eigenvalue weighted by molar-refractivity contribution is 0.0147. The van der Waals surface area contributed by atoms with Crippen molar-refractivity contribution in [2.75, 3.05) is 19.6 Å². The van der Waals surface area contributed by atoms with Crippen molar-refractivity contribution in [2.24, 2.45) is 5.92 Å². The Balaban J connectivity index is 1.63. The third-order valence-electron chi connectivity index (χ3n) is 4.72. The Morgan fingerprint density at radius 1 is 1.24 bits per heavy atom. The second-order valence-electron chi connectivity index (χ2n) is 7.70. The molecule has 1 aromatic heterocycles. The molecule has 2 amide bonds. The maximum Gasteiger partial charge on any atom is 0.410 e. The Morgan fingerprint density at radius 2 is 2.00 bits per heavy atom. The standard InChI is InChI=1S/C18H24BrN3O3/c1-18(2,3)25-17(24)22-9-6-13-11-21(8-7-14(13)22)16(23)12-4-5-15(19)20-10-12/h4-5,10,13-14H,6-9,11H2,1-3H3/t13-,14+/m1/s1. The normalized spacial score (nSPS) is 23.4. The van der Waals surface area contributed by atoms with Crippen molar-refractivity contribution in [3.63, 3.8) is 0 Å². The second kappa shape index (κ2) is 6.94. The van der Waals surface area contributed by atoms with Gasteiger partial charge >= 0.3 is 6.09 Å². The summed E-state index contributed by atoms with van der Waals surface area (Å²) in [6.45, 7) is 7.67. The average Bonchev–Trinajstić information content (AvgIpc) is 2.96. The Hall–Kier alpha value is -1.63. The zero-order chi connectivity index (χ0) is 18.2. The van der Waals surface area contributed by atoms with Gasteiger partial charge in [0.1, 0.15) is 10.2 Å². The van der Waals surface area contributed by atoms with Crippen LogP contribution in [0.3, 0.4) is 0 Å². The molecule has 0 aromatic carbocycles. The summed E-state index contributed by atoms with van der Waals surface area (Å²) >= 11 is 3.28. The van der Waals surface area contributed by atoms with Crippen molar-refractivity contribution in [3.8, 4) is 0 Å². The summed E-state index contributed by atoms with van der Waals surface area (Å²) in [6, 6.07) is 3.73. The Morgan fingerprint density at radius 3 is 2.64 bits per heavy atom. The Kier molecular flexibility index (Phi) is 5.04. The number of fused-ring (bicyclic) bond motifs is 1. The molecule has 0 unspecified atom stereocenters. The number of hydrogen-bond acceptors (Lipinski definition) is 4. The molecule has 136 valence electrons. The summed E-state index contributed by atoms with van der Waals surface area (Å²) in [5.74, 6) is 0.322. The number of halogens is 1. The number of rotatable bonds is 1. The molecule has 0 radical (unpaired) electrons. The molecule has 0 spiro atoms. The molecule has 0 saturated carbocycles. The molecule has 2 aliphatic rings. The number of likely N-dealkylation sites (tertiary alicyclic amines) is 2. The van der Waals surface area contributed by atoms with E-state index in [9.17, 15) is 9.59 Å². The van der Waals surface area contributed by atoms with E-state index in [0.29, 0.717) is 35.7 Å².